The minimum absolute atomic E-state index is 0.669. The van der Waals surface area contributed by atoms with Gasteiger partial charge >= 0.3 is 0 Å². The number of rotatable bonds is 9. The molecular formula is C23H36OSi. The Bertz CT molecular complexity index is 652. The van der Waals surface area contributed by atoms with Gasteiger partial charge in [0.1, 0.15) is 0 Å². The summed E-state index contributed by atoms with van der Waals surface area (Å²) in [6, 6.07) is 16.7. The van der Waals surface area contributed by atoms with Crippen molar-refractivity contribution in [1.82, 2.24) is 0 Å². The van der Waals surface area contributed by atoms with Gasteiger partial charge in [-0.3, -0.25) is 0 Å². The van der Waals surface area contributed by atoms with Crippen LogP contribution < -0.4 is 0 Å². The lowest BCUT2D eigenvalue weighted by molar-refractivity contribution is 0.285. The van der Waals surface area contributed by atoms with E-state index in [-0.39, 0.29) is 0 Å². The highest BCUT2D eigenvalue weighted by molar-refractivity contribution is 6.76. The van der Waals surface area contributed by atoms with E-state index in [1.54, 1.807) is 0 Å². The molecular weight excluding hydrogens is 320 g/mol. The summed E-state index contributed by atoms with van der Waals surface area (Å²) in [7, 11) is -1.72. The van der Waals surface area contributed by atoms with Gasteiger partial charge in [0, 0.05) is 6.61 Å². The minimum Gasteiger partial charge on any atom is -0.416 e. The van der Waals surface area contributed by atoms with E-state index in [0.717, 1.165) is 18.9 Å². The molecule has 25 heavy (non-hydrogen) atoms. The standard InChI is InChI=1S/C23H36OSi/c1-18(2)14-16-25(19(3)4,20(5)6)24-15-13-21-11-12-22-9-7-8-10-23(22)17-21/h7-12,17-20H,13-16H2,1-6H3. The lowest BCUT2D eigenvalue weighted by atomic mass is 10.1. The summed E-state index contributed by atoms with van der Waals surface area (Å²) in [5, 5.41) is 2.65. The highest BCUT2D eigenvalue weighted by Crippen LogP contribution is 2.38. The van der Waals surface area contributed by atoms with Crippen LogP contribution >= 0.6 is 0 Å². The molecule has 0 radical (unpaired) electrons. The summed E-state index contributed by atoms with van der Waals surface area (Å²) in [5.74, 6) is 0.758. The Morgan fingerprint density at radius 3 is 2.08 bits per heavy atom. The molecule has 0 aliphatic heterocycles. The number of hydrogen-bond acceptors (Lipinski definition) is 1. The summed E-state index contributed by atoms with van der Waals surface area (Å²) in [6.07, 6.45) is 2.30. The van der Waals surface area contributed by atoms with Gasteiger partial charge in [0.05, 0.1) is 0 Å². The zero-order valence-electron chi connectivity index (χ0n) is 17.0. The van der Waals surface area contributed by atoms with Gasteiger partial charge < -0.3 is 4.43 Å². The van der Waals surface area contributed by atoms with Crippen molar-refractivity contribution in [2.45, 2.75) is 71.5 Å². The van der Waals surface area contributed by atoms with Gasteiger partial charge in [-0.2, -0.15) is 0 Å². The van der Waals surface area contributed by atoms with E-state index in [0.29, 0.717) is 11.1 Å². The molecule has 0 aromatic heterocycles. The average Bonchev–Trinajstić information content (AvgIpc) is 2.57. The van der Waals surface area contributed by atoms with Crippen LogP contribution in [0.1, 0.15) is 53.5 Å². The molecule has 2 heteroatoms. The molecule has 0 fully saturated rings. The maximum atomic E-state index is 6.76. The second-order valence-electron chi connectivity index (χ2n) is 8.48. The van der Waals surface area contributed by atoms with Crippen LogP contribution in [0, 0.1) is 5.92 Å². The molecule has 1 nitrogen and oxygen atoms in total. The van der Waals surface area contributed by atoms with Gasteiger partial charge in [0.25, 0.3) is 0 Å². The number of benzene rings is 2. The van der Waals surface area contributed by atoms with Gasteiger partial charge in [0.15, 0.2) is 8.32 Å². The third-order valence-corrected chi connectivity index (χ3v) is 11.4. The van der Waals surface area contributed by atoms with Crippen LogP contribution in [0.15, 0.2) is 42.5 Å². The van der Waals surface area contributed by atoms with E-state index in [2.05, 4.69) is 84.0 Å². The second-order valence-corrected chi connectivity index (χ2v) is 13.5. The molecule has 0 heterocycles. The minimum atomic E-state index is -1.72. The summed E-state index contributed by atoms with van der Waals surface area (Å²) in [5.41, 5.74) is 2.73. The SMILES string of the molecule is CC(C)CC[Si](OCCc1ccc2ccccc2c1)(C(C)C)C(C)C. The van der Waals surface area contributed by atoms with Crippen LogP contribution in [-0.2, 0) is 10.8 Å². The molecule has 138 valence electrons. The smallest absolute Gasteiger partial charge is 0.197 e. The van der Waals surface area contributed by atoms with Crippen molar-refractivity contribution in [2.75, 3.05) is 6.61 Å². The van der Waals surface area contributed by atoms with Crippen molar-refractivity contribution in [2.24, 2.45) is 5.92 Å². The van der Waals surface area contributed by atoms with Crippen molar-refractivity contribution in [3.63, 3.8) is 0 Å². The Balaban J connectivity index is 2.05. The predicted octanol–water partition coefficient (Wildman–Crippen LogP) is 7.21. The van der Waals surface area contributed by atoms with Crippen molar-refractivity contribution < 1.29 is 4.43 Å². The van der Waals surface area contributed by atoms with Gasteiger partial charge in [-0.15, -0.1) is 0 Å². The molecule has 2 rings (SSSR count). The van der Waals surface area contributed by atoms with Crippen molar-refractivity contribution >= 4 is 19.1 Å². The number of fused-ring (bicyclic) bond motifs is 1. The molecule has 0 atom stereocenters. The van der Waals surface area contributed by atoms with Crippen LogP contribution in [0.4, 0.5) is 0 Å². The molecule has 0 bridgehead atoms. The average molecular weight is 357 g/mol. The second kappa shape index (κ2) is 9.00. The lowest BCUT2D eigenvalue weighted by Gasteiger charge is -2.39. The highest BCUT2D eigenvalue weighted by Gasteiger charge is 2.41. The molecule has 0 N–H and O–H groups in total. The fourth-order valence-electron chi connectivity index (χ4n) is 3.92. The molecule has 0 saturated heterocycles. The third kappa shape index (κ3) is 5.18. The molecule has 0 unspecified atom stereocenters. The van der Waals surface area contributed by atoms with Gasteiger partial charge in [-0.25, -0.2) is 0 Å². The quantitative estimate of drug-likeness (QED) is 0.431. The molecule has 0 spiro atoms. The first-order chi connectivity index (χ1) is 11.8. The third-order valence-electron chi connectivity index (χ3n) is 5.64. The molecule has 0 aliphatic carbocycles. The first kappa shape index (κ1) is 20.2. The fourth-order valence-corrected chi connectivity index (χ4v) is 8.73. The molecule has 0 amide bonds. The topological polar surface area (TPSA) is 9.23 Å². The lowest BCUT2D eigenvalue weighted by Crippen LogP contribution is -2.45. The highest BCUT2D eigenvalue weighted by atomic mass is 28.4. The normalized spacial score (nSPS) is 12.7. The molecule has 0 aliphatic rings. The maximum Gasteiger partial charge on any atom is 0.197 e. The van der Waals surface area contributed by atoms with Gasteiger partial charge in [-0.1, -0.05) is 90.4 Å². The Labute approximate surface area is 155 Å². The molecule has 2 aromatic rings. The number of hydrogen-bond donors (Lipinski definition) is 0. The van der Waals surface area contributed by atoms with Crippen LogP contribution in [0.25, 0.3) is 10.8 Å². The van der Waals surface area contributed by atoms with Crippen molar-refractivity contribution in [3.8, 4) is 0 Å². The van der Waals surface area contributed by atoms with E-state index in [1.807, 2.05) is 0 Å². The van der Waals surface area contributed by atoms with Gasteiger partial charge in [0.2, 0.25) is 0 Å². The Morgan fingerprint density at radius 1 is 0.840 bits per heavy atom. The summed E-state index contributed by atoms with van der Waals surface area (Å²) in [4.78, 5) is 0. The van der Waals surface area contributed by atoms with E-state index < -0.39 is 8.32 Å². The Kier molecular flexibility index (Phi) is 7.27. The summed E-state index contributed by atoms with van der Waals surface area (Å²) < 4.78 is 6.76. The predicted molar refractivity (Wildman–Crippen MR) is 114 cm³/mol. The first-order valence-electron chi connectivity index (χ1n) is 9.96. The largest absolute Gasteiger partial charge is 0.416 e. The summed E-state index contributed by atoms with van der Waals surface area (Å²) >= 11 is 0. The maximum absolute atomic E-state index is 6.76. The van der Waals surface area contributed by atoms with E-state index in [4.69, 9.17) is 4.43 Å². The zero-order valence-corrected chi connectivity index (χ0v) is 18.0. The first-order valence-corrected chi connectivity index (χ1v) is 12.2. The molecule has 0 saturated carbocycles. The van der Waals surface area contributed by atoms with E-state index >= 15 is 0 Å². The monoisotopic (exact) mass is 356 g/mol. The molecule has 2 aromatic carbocycles. The van der Waals surface area contributed by atoms with Crippen LogP contribution in [0.5, 0.6) is 0 Å². The van der Waals surface area contributed by atoms with Crippen molar-refractivity contribution in [3.05, 3.63) is 48.0 Å². The van der Waals surface area contributed by atoms with Crippen LogP contribution in [0.3, 0.4) is 0 Å². The Hall–Kier alpha value is -1.12. The van der Waals surface area contributed by atoms with Crippen LogP contribution in [0.2, 0.25) is 17.1 Å². The van der Waals surface area contributed by atoms with E-state index in [1.165, 1.54) is 28.8 Å². The van der Waals surface area contributed by atoms with Crippen LogP contribution in [-0.4, -0.2) is 14.9 Å². The summed E-state index contributed by atoms with van der Waals surface area (Å²) in [6.45, 7) is 15.0. The van der Waals surface area contributed by atoms with Crippen molar-refractivity contribution in [1.29, 1.82) is 0 Å². The zero-order chi connectivity index (χ0) is 18.4. The fraction of sp³-hybridized carbons (Fsp3) is 0.565. The van der Waals surface area contributed by atoms with E-state index in [9.17, 15) is 0 Å². The van der Waals surface area contributed by atoms with Gasteiger partial charge in [-0.05, 0) is 45.8 Å². The Morgan fingerprint density at radius 2 is 1.48 bits per heavy atom.